The monoisotopic (exact) mass is 900 g/mol. The van der Waals surface area contributed by atoms with Gasteiger partial charge in [0.2, 0.25) is 0 Å². The molecule has 0 spiro atoms. The van der Waals surface area contributed by atoms with E-state index < -0.39 is 12.0 Å². The zero-order valence-electron chi connectivity index (χ0n) is 27.6. The van der Waals surface area contributed by atoms with Gasteiger partial charge in [0.15, 0.2) is 16.3 Å². The molecule has 0 amide bonds. The first kappa shape index (κ1) is 35.1. The van der Waals surface area contributed by atoms with E-state index >= 15 is 0 Å². The molecule has 0 bridgehead atoms. The van der Waals surface area contributed by atoms with Gasteiger partial charge in [-0.3, -0.25) is 9.36 Å². The summed E-state index contributed by atoms with van der Waals surface area (Å²) in [5.74, 6) is 1.22. The third-order valence-electron chi connectivity index (χ3n) is 7.96. The first-order chi connectivity index (χ1) is 23.6. The van der Waals surface area contributed by atoms with E-state index in [-0.39, 0.29) is 18.3 Å². The van der Waals surface area contributed by atoms with Crippen LogP contribution in [0, 0.1) is 7.14 Å². The lowest BCUT2D eigenvalue weighted by molar-refractivity contribution is -0.139. The minimum Gasteiger partial charge on any atom is -0.493 e. The second-order valence-electron chi connectivity index (χ2n) is 11.6. The number of carbonyl (C=O) groups excluding carboxylic acids is 1. The van der Waals surface area contributed by atoms with E-state index in [1.807, 2.05) is 56.3 Å². The molecule has 1 aliphatic heterocycles. The van der Waals surface area contributed by atoms with Gasteiger partial charge in [0.1, 0.15) is 12.4 Å². The van der Waals surface area contributed by atoms with E-state index in [9.17, 15) is 9.59 Å². The smallest absolute Gasteiger partial charge is 0.338 e. The highest BCUT2D eigenvalue weighted by molar-refractivity contribution is 14.1. The van der Waals surface area contributed by atoms with Crippen LogP contribution in [0.15, 0.2) is 93.9 Å². The lowest BCUT2D eigenvalue weighted by Gasteiger charge is -2.25. The predicted molar refractivity (Wildman–Crippen MR) is 209 cm³/mol. The molecule has 252 valence electrons. The molecule has 0 fully saturated rings. The van der Waals surface area contributed by atoms with E-state index in [1.165, 1.54) is 11.3 Å². The van der Waals surface area contributed by atoms with Crippen molar-refractivity contribution < 1.29 is 23.7 Å². The fourth-order valence-electron chi connectivity index (χ4n) is 5.86. The average molecular weight is 901 g/mol. The van der Waals surface area contributed by atoms with E-state index in [4.69, 9.17) is 23.9 Å². The number of nitrogens with zero attached hydrogens (tertiary/aromatic N) is 2. The summed E-state index contributed by atoms with van der Waals surface area (Å²) in [5, 5.41) is 2.28. The van der Waals surface area contributed by atoms with Crippen LogP contribution in [0.1, 0.15) is 50.4 Å². The topological polar surface area (TPSA) is 88.4 Å². The van der Waals surface area contributed by atoms with Crippen molar-refractivity contribution in [3.05, 3.63) is 128 Å². The molecule has 0 aliphatic carbocycles. The third-order valence-corrected chi connectivity index (χ3v) is 10.4. The van der Waals surface area contributed by atoms with E-state index in [0.29, 0.717) is 50.0 Å². The largest absolute Gasteiger partial charge is 0.493 e. The van der Waals surface area contributed by atoms with Crippen LogP contribution in [0.5, 0.6) is 17.2 Å². The molecule has 1 aliphatic rings. The Bertz CT molecular complexity index is 2290. The maximum absolute atomic E-state index is 14.4. The van der Waals surface area contributed by atoms with Gasteiger partial charge in [-0.25, -0.2) is 9.79 Å². The summed E-state index contributed by atoms with van der Waals surface area (Å²) in [6.45, 7) is 7.94. The van der Waals surface area contributed by atoms with E-state index in [2.05, 4.69) is 69.4 Å². The van der Waals surface area contributed by atoms with Gasteiger partial charge >= 0.3 is 5.97 Å². The molecular formula is C38H34I2N2O6S. The molecule has 0 radical (unpaired) electrons. The lowest BCUT2D eigenvalue weighted by Crippen LogP contribution is -2.40. The molecule has 2 heterocycles. The number of esters is 1. The Labute approximate surface area is 315 Å². The summed E-state index contributed by atoms with van der Waals surface area (Å²) in [6, 6.07) is 23.1. The fourth-order valence-corrected chi connectivity index (χ4v) is 8.94. The Morgan fingerprint density at radius 3 is 2.57 bits per heavy atom. The molecule has 6 rings (SSSR count). The molecule has 49 heavy (non-hydrogen) atoms. The van der Waals surface area contributed by atoms with Gasteiger partial charge in [0.05, 0.1) is 45.2 Å². The van der Waals surface area contributed by atoms with Crippen molar-refractivity contribution in [2.45, 2.75) is 46.4 Å². The molecule has 0 unspecified atom stereocenters. The van der Waals surface area contributed by atoms with Gasteiger partial charge in [-0.1, -0.05) is 59.9 Å². The lowest BCUT2D eigenvalue weighted by atomic mass is 9.95. The Kier molecular flexibility index (Phi) is 10.8. The van der Waals surface area contributed by atoms with Crippen molar-refractivity contribution in [1.29, 1.82) is 0 Å². The molecular weight excluding hydrogens is 866 g/mol. The number of fused-ring (bicyclic) bond motifs is 2. The van der Waals surface area contributed by atoms with Crippen molar-refractivity contribution >= 4 is 79.3 Å². The third kappa shape index (κ3) is 7.29. The van der Waals surface area contributed by atoms with Gasteiger partial charge in [-0.2, -0.15) is 0 Å². The van der Waals surface area contributed by atoms with Crippen LogP contribution in [0.4, 0.5) is 0 Å². The number of allylic oxidation sites excluding steroid dienone is 1. The summed E-state index contributed by atoms with van der Waals surface area (Å²) in [7, 11) is 1.56. The van der Waals surface area contributed by atoms with Crippen LogP contribution in [-0.2, 0) is 16.1 Å². The van der Waals surface area contributed by atoms with Crippen LogP contribution < -0.4 is 29.1 Å². The highest BCUT2D eigenvalue weighted by atomic mass is 127. The van der Waals surface area contributed by atoms with Crippen LogP contribution in [0.3, 0.4) is 0 Å². The number of thiazole rings is 1. The zero-order chi connectivity index (χ0) is 34.8. The number of aromatic nitrogens is 1. The first-order valence-electron chi connectivity index (χ1n) is 15.7. The number of benzene rings is 4. The summed E-state index contributed by atoms with van der Waals surface area (Å²) >= 11 is 5.83. The second kappa shape index (κ2) is 15.1. The van der Waals surface area contributed by atoms with Crippen molar-refractivity contribution in [1.82, 2.24) is 4.57 Å². The van der Waals surface area contributed by atoms with Gasteiger partial charge < -0.3 is 18.9 Å². The number of halogens is 2. The van der Waals surface area contributed by atoms with E-state index in [1.54, 1.807) is 37.7 Å². The van der Waals surface area contributed by atoms with Crippen molar-refractivity contribution in [2.75, 3.05) is 13.7 Å². The Morgan fingerprint density at radius 1 is 1.04 bits per heavy atom. The summed E-state index contributed by atoms with van der Waals surface area (Å²) < 4.78 is 27.6. The van der Waals surface area contributed by atoms with Crippen molar-refractivity contribution in [3.8, 4) is 17.2 Å². The number of rotatable bonds is 10. The summed E-state index contributed by atoms with van der Waals surface area (Å²) in [4.78, 5) is 33.1. The van der Waals surface area contributed by atoms with Gasteiger partial charge in [0, 0.05) is 9.13 Å². The number of carbonyl (C=O) groups is 1. The molecule has 1 atom stereocenters. The van der Waals surface area contributed by atoms with Gasteiger partial charge in [-0.15, -0.1) is 0 Å². The Hall–Kier alpha value is -3.69. The molecule has 0 saturated heterocycles. The molecule has 0 N–H and O–H groups in total. The minimum atomic E-state index is -0.794. The molecule has 8 nitrogen and oxygen atoms in total. The molecule has 4 aromatic carbocycles. The first-order valence-corrected chi connectivity index (χ1v) is 18.7. The second-order valence-corrected chi connectivity index (χ2v) is 15.0. The highest BCUT2D eigenvalue weighted by Crippen LogP contribution is 2.37. The van der Waals surface area contributed by atoms with E-state index in [0.717, 1.165) is 29.0 Å². The average Bonchev–Trinajstić information content (AvgIpc) is 3.37. The minimum absolute atomic E-state index is 0.0697. The summed E-state index contributed by atoms with van der Waals surface area (Å²) in [5.41, 5.74) is 3.01. The standard InChI is InChI=1S/C38H34I2N2O6S/c1-6-46-37(44)33-22(4)41-38-42(34(33)24-14-15-30(48-21(2)3)31(17-24)45-5)36(43)32(49-38)18-26-16-27(39)19-29(40)35(26)47-20-25-12-9-11-23-10-7-8-13-28(23)25/h7-19,21,34H,6,20H2,1-5H3/b32-18+/t34-/m0/s1. The maximum atomic E-state index is 14.4. The number of hydrogen-bond acceptors (Lipinski definition) is 8. The fraction of sp³-hybridized carbons (Fsp3) is 0.237. The molecule has 5 aromatic rings. The quantitative estimate of drug-likeness (QED) is 0.107. The Balaban J connectivity index is 1.48. The number of methoxy groups -OCH3 is 1. The molecule has 1 aromatic heterocycles. The van der Waals surface area contributed by atoms with Crippen molar-refractivity contribution in [2.24, 2.45) is 4.99 Å². The number of ether oxygens (including phenoxy) is 4. The van der Waals surface area contributed by atoms with Crippen LogP contribution in [0.2, 0.25) is 0 Å². The number of hydrogen-bond donors (Lipinski definition) is 0. The maximum Gasteiger partial charge on any atom is 0.338 e. The molecule has 11 heteroatoms. The summed E-state index contributed by atoms with van der Waals surface area (Å²) in [6.07, 6.45) is 1.78. The zero-order valence-corrected chi connectivity index (χ0v) is 32.7. The van der Waals surface area contributed by atoms with Crippen LogP contribution >= 0.6 is 56.5 Å². The van der Waals surface area contributed by atoms with Crippen LogP contribution in [-0.4, -0.2) is 30.4 Å². The molecule has 0 saturated carbocycles. The van der Waals surface area contributed by atoms with Crippen molar-refractivity contribution in [3.63, 3.8) is 0 Å². The normalized spacial score (nSPS) is 14.5. The predicted octanol–water partition coefficient (Wildman–Crippen LogP) is 7.54. The Morgan fingerprint density at radius 2 is 1.82 bits per heavy atom. The highest BCUT2D eigenvalue weighted by Gasteiger charge is 2.34. The van der Waals surface area contributed by atoms with Gasteiger partial charge in [-0.05, 0) is 125 Å². The van der Waals surface area contributed by atoms with Crippen LogP contribution in [0.25, 0.3) is 16.8 Å². The van der Waals surface area contributed by atoms with Gasteiger partial charge in [0.25, 0.3) is 5.56 Å². The SMILES string of the molecule is CCOC(=O)C1=C(C)N=c2s/c(=C/c3cc(I)cc(I)c3OCc3cccc4ccccc34)c(=O)n2[C@H]1c1ccc(OC(C)C)c(OC)c1.